The second-order valence-corrected chi connectivity index (χ2v) is 6.35. The van der Waals surface area contributed by atoms with Crippen molar-refractivity contribution >= 4 is 27.5 Å². The van der Waals surface area contributed by atoms with Crippen LogP contribution in [0.3, 0.4) is 0 Å². The zero-order valence-corrected chi connectivity index (χ0v) is 15.2. The van der Waals surface area contributed by atoms with E-state index in [0.717, 1.165) is 21.3 Å². The Hall–Kier alpha value is -2.27. The minimum atomic E-state index is 0.00667. The minimum absolute atomic E-state index is 0.00667. The second kappa shape index (κ2) is 6.69. The van der Waals surface area contributed by atoms with Gasteiger partial charge in [-0.2, -0.15) is 0 Å². The fraction of sp³-hybridized carbons (Fsp3) is 0.211. The number of hydrogen-bond acceptors (Lipinski definition) is 3. The van der Waals surface area contributed by atoms with E-state index in [9.17, 15) is 4.79 Å². The Morgan fingerprint density at radius 2 is 1.71 bits per heavy atom. The summed E-state index contributed by atoms with van der Waals surface area (Å²) >= 11 is 3.56. The summed E-state index contributed by atoms with van der Waals surface area (Å²) in [7, 11) is 3.21. The smallest absolute Gasteiger partial charge is 0.258 e. The first kappa shape index (κ1) is 16.6. The van der Waals surface area contributed by atoms with E-state index in [0.29, 0.717) is 30.0 Å². The predicted octanol–water partition coefficient (Wildman–Crippen LogP) is 4.14. The van der Waals surface area contributed by atoms with Gasteiger partial charge in [-0.15, -0.1) is 0 Å². The van der Waals surface area contributed by atoms with Crippen molar-refractivity contribution in [1.29, 1.82) is 0 Å². The molecule has 0 saturated heterocycles. The molecule has 0 bridgehead atoms. The average molecular weight is 388 g/mol. The maximum Gasteiger partial charge on any atom is 0.258 e. The van der Waals surface area contributed by atoms with E-state index in [1.54, 1.807) is 19.1 Å². The minimum Gasteiger partial charge on any atom is -0.493 e. The van der Waals surface area contributed by atoms with Crippen molar-refractivity contribution in [3.8, 4) is 11.5 Å². The molecule has 0 saturated carbocycles. The van der Waals surface area contributed by atoms with Crippen molar-refractivity contribution in [1.82, 2.24) is 4.90 Å². The van der Waals surface area contributed by atoms with E-state index in [2.05, 4.69) is 22.5 Å². The lowest BCUT2D eigenvalue weighted by Crippen LogP contribution is -2.25. The molecular weight excluding hydrogens is 370 g/mol. The van der Waals surface area contributed by atoms with Gasteiger partial charge in [0.2, 0.25) is 0 Å². The van der Waals surface area contributed by atoms with Gasteiger partial charge in [-0.05, 0) is 30.2 Å². The Morgan fingerprint density at radius 3 is 2.33 bits per heavy atom. The van der Waals surface area contributed by atoms with Gasteiger partial charge in [-0.1, -0.05) is 40.7 Å². The number of rotatable bonds is 5. The van der Waals surface area contributed by atoms with Crippen LogP contribution >= 0.6 is 15.9 Å². The molecule has 0 N–H and O–H groups in total. The zero-order chi connectivity index (χ0) is 17.3. The number of hydrogen-bond donors (Lipinski definition) is 0. The number of nitrogens with zero attached hydrogens (tertiary/aromatic N) is 1. The van der Waals surface area contributed by atoms with Crippen LogP contribution in [0.2, 0.25) is 0 Å². The van der Waals surface area contributed by atoms with Crippen LogP contribution in [-0.2, 0) is 6.42 Å². The monoisotopic (exact) mass is 387 g/mol. The standard InChI is InChI=1S/C19H18BrNO3/c1-12-14-6-4-5-7-15(14)19(22)21(12)9-8-13-10-17(23-2)18(24-3)11-16(13)20/h4-7,10-11H,1,8-9H2,2-3H3. The molecule has 1 aliphatic heterocycles. The topological polar surface area (TPSA) is 38.8 Å². The molecular formula is C19H18BrNO3. The predicted molar refractivity (Wildman–Crippen MR) is 97.5 cm³/mol. The normalized spacial score (nSPS) is 13.2. The summed E-state index contributed by atoms with van der Waals surface area (Å²) < 4.78 is 11.6. The number of carbonyl (C=O) groups is 1. The van der Waals surface area contributed by atoms with E-state index in [-0.39, 0.29) is 5.91 Å². The van der Waals surface area contributed by atoms with Gasteiger partial charge >= 0.3 is 0 Å². The van der Waals surface area contributed by atoms with Crippen LogP contribution in [0.4, 0.5) is 0 Å². The Bertz CT molecular complexity index is 781. The van der Waals surface area contributed by atoms with Crippen molar-refractivity contribution in [2.75, 3.05) is 20.8 Å². The third kappa shape index (κ3) is 2.80. The summed E-state index contributed by atoms with van der Waals surface area (Å²) in [5, 5.41) is 0. The van der Waals surface area contributed by atoms with E-state index in [1.165, 1.54) is 0 Å². The van der Waals surface area contributed by atoms with Crippen LogP contribution < -0.4 is 9.47 Å². The third-order valence-electron chi connectivity index (χ3n) is 4.20. The number of fused-ring (bicyclic) bond motifs is 1. The zero-order valence-electron chi connectivity index (χ0n) is 13.6. The van der Waals surface area contributed by atoms with E-state index in [4.69, 9.17) is 9.47 Å². The molecule has 124 valence electrons. The van der Waals surface area contributed by atoms with Gasteiger partial charge in [0, 0.05) is 27.8 Å². The van der Waals surface area contributed by atoms with Gasteiger partial charge in [0.1, 0.15) is 0 Å². The number of amides is 1. The van der Waals surface area contributed by atoms with Crippen LogP contribution in [-0.4, -0.2) is 31.6 Å². The first-order valence-corrected chi connectivity index (χ1v) is 8.36. The molecule has 1 amide bonds. The lowest BCUT2D eigenvalue weighted by molar-refractivity contribution is 0.0852. The van der Waals surface area contributed by atoms with Gasteiger partial charge in [0.15, 0.2) is 11.5 Å². The molecule has 1 aliphatic rings. The largest absolute Gasteiger partial charge is 0.493 e. The SMILES string of the molecule is C=C1c2ccccc2C(=O)N1CCc1cc(OC)c(OC)cc1Br. The fourth-order valence-electron chi connectivity index (χ4n) is 2.89. The Labute approximate surface area is 149 Å². The molecule has 0 fully saturated rings. The first-order valence-electron chi connectivity index (χ1n) is 7.57. The molecule has 3 rings (SSSR count). The molecule has 2 aromatic carbocycles. The summed E-state index contributed by atoms with van der Waals surface area (Å²) in [6, 6.07) is 11.4. The Morgan fingerprint density at radius 1 is 1.08 bits per heavy atom. The molecule has 0 radical (unpaired) electrons. The molecule has 0 aliphatic carbocycles. The first-order chi connectivity index (χ1) is 11.6. The number of ether oxygens (including phenoxy) is 2. The molecule has 0 spiro atoms. The Balaban J connectivity index is 1.80. The summed E-state index contributed by atoms with van der Waals surface area (Å²) in [4.78, 5) is 14.3. The highest BCUT2D eigenvalue weighted by Crippen LogP contribution is 2.35. The highest BCUT2D eigenvalue weighted by atomic mass is 79.9. The van der Waals surface area contributed by atoms with Crippen LogP contribution in [0.25, 0.3) is 5.70 Å². The fourth-order valence-corrected chi connectivity index (χ4v) is 3.41. The van der Waals surface area contributed by atoms with Gasteiger partial charge in [0.25, 0.3) is 5.91 Å². The Kier molecular flexibility index (Phi) is 4.62. The van der Waals surface area contributed by atoms with Crippen LogP contribution in [0.15, 0.2) is 47.4 Å². The highest BCUT2D eigenvalue weighted by molar-refractivity contribution is 9.10. The number of carbonyl (C=O) groups excluding carboxylic acids is 1. The average Bonchev–Trinajstić information content (AvgIpc) is 2.85. The molecule has 5 heteroatoms. The van der Waals surface area contributed by atoms with Gasteiger partial charge in [-0.3, -0.25) is 4.79 Å². The number of halogens is 1. The highest BCUT2D eigenvalue weighted by Gasteiger charge is 2.30. The van der Waals surface area contributed by atoms with Crippen molar-refractivity contribution in [3.05, 3.63) is 64.1 Å². The molecule has 0 atom stereocenters. The number of methoxy groups -OCH3 is 2. The van der Waals surface area contributed by atoms with Gasteiger partial charge < -0.3 is 14.4 Å². The van der Waals surface area contributed by atoms with E-state index < -0.39 is 0 Å². The number of benzene rings is 2. The van der Waals surface area contributed by atoms with E-state index >= 15 is 0 Å². The lowest BCUT2D eigenvalue weighted by Gasteiger charge is -2.18. The van der Waals surface area contributed by atoms with E-state index in [1.807, 2.05) is 36.4 Å². The lowest BCUT2D eigenvalue weighted by atomic mass is 10.1. The molecule has 4 nitrogen and oxygen atoms in total. The molecule has 1 heterocycles. The van der Waals surface area contributed by atoms with Crippen molar-refractivity contribution in [2.24, 2.45) is 0 Å². The van der Waals surface area contributed by atoms with Crippen molar-refractivity contribution in [3.63, 3.8) is 0 Å². The molecule has 0 aromatic heterocycles. The molecule has 0 unspecified atom stereocenters. The van der Waals surface area contributed by atoms with Crippen LogP contribution in [0, 0.1) is 0 Å². The maximum atomic E-state index is 12.5. The van der Waals surface area contributed by atoms with Crippen LogP contribution in [0.1, 0.15) is 21.5 Å². The van der Waals surface area contributed by atoms with Gasteiger partial charge in [-0.25, -0.2) is 0 Å². The van der Waals surface area contributed by atoms with Crippen molar-refractivity contribution < 1.29 is 14.3 Å². The van der Waals surface area contributed by atoms with Crippen LogP contribution in [0.5, 0.6) is 11.5 Å². The summed E-state index contributed by atoms with van der Waals surface area (Å²) in [6.07, 6.45) is 0.680. The van der Waals surface area contributed by atoms with Crippen molar-refractivity contribution in [2.45, 2.75) is 6.42 Å². The third-order valence-corrected chi connectivity index (χ3v) is 4.93. The summed E-state index contributed by atoms with van der Waals surface area (Å²) in [5.41, 5.74) is 3.43. The molecule has 24 heavy (non-hydrogen) atoms. The maximum absolute atomic E-state index is 12.5. The molecule has 2 aromatic rings. The summed E-state index contributed by atoms with van der Waals surface area (Å²) in [6.45, 7) is 4.63. The quantitative estimate of drug-likeness (QED) is 0.773. The second-order valence-electron chi connectivity index (χ2n) is 5.50. The summed E-state index contributed by atoms with van der Waals surface area (Å²) in [5.74, 6) is 1.35. The van der Waals surface area contributed by atoms with Gasteiger partial charge in [0.05, 0.1) is 14.2 Å².